The average Bonchev–Trinajstić information content (AvgIpc) is 3.84. The molecule has 0 atom stereocenters. The summed E-state index contributed by atoms with van der Waals surface area (Å²) in [4.78, 5) is 2.35. The molecule has 3 heterocycles. The van der Waals surface area contributed by atoms with E-state index in [1.165, 1.54) is 37.9 Å². The lowest BCUT2D eigenvalue weighted by molar-refractivity contribution is 1.17. The zero-order valence-corrected chi connectivity index (χ0v) is 36.4. The fourth-order valence-corrected chi connectivity index (χ4v) is 13.9. The van der Waals surface area contributed by atoms with E-state index in [1.807, 2.05) is 0 Å². The van der Waals surface area contributed by atoms with Gasteiger partial charge in [-0.05, 0) is 125 Å². The smallest absolute Gasteiger partial charge is 0.298 e. The molecule has 280 valence electrons. The van der Waals surface area contributed by atoms with Crippen LogP contribution in [0.3, 0.4) is 0 Å². The van der Waals surface area contributed by atoms with Crippen molar-refractivity contribution in [1.29, 1.82) is 0 Å². The van der Waals surface area contributed by atoms with Gasteiger partial charge in [0.25, 0.3) is 25.2 Å². The average molecular weight is 800 g/mol. The van der Waals surface area contributed by atoms with Crippen LogP contribution in [0.25, 0.3) is 54.6 Å². The van der Waals surface area contributed by atoms with Crippen molar-refractivity contribution in [2.75, 3.05) is 4.90 Å². The standard InChI is InChI=1S/C48H41N7Si3/c1-56(2)49-39-23-14-24-40(46(39)52-56)55(41-27-25-37(44-47(41)53-57(3,4)50-44)36-22-13-18-30-15-7-10-19-33(30)36)42-28-26-38(45-48(42)54-58(5,6)51-45)43-34-20-11-8-16-31(34)29-32-17-9-12-21-35(32)43/h7-29H,1-6H3. The third kappa shape index (κ3) is 5.50. The van der Waals surface area contributed by atoms with Gasteiger partial charge in [-0.15, -0.1) is 0 Å². The first kappa shape index (κ1) is 35.0. The van der Waals surface area contributed by atoms with Crippen molar-refractivity contribution in [3.05, 3.63) is 172 Å². The molecule has 58 heavy (non-hydrogen) atoms. The quantitative estimate of drug-likeness (QED) is 0.127. The van der Waals surface area contributed by atoms with Gasteiger partial charge in [-0.25, -0.2) is 0 Å². The Bertz CT molecular complexity index is 3470. The molecule has 7 nitrogen and oxygen atoms in total. The Hall–Kier alpha value is -6.21. The van der Waals surface area contributed by atoms with E-state index in [0.717, 1.165) is 65.9 Å². The minimum absolute atomic E-state index is 0.911. The topological polar surface area (TPSA) is 77.4 Å². The van der Waals surface area contributed by atoms with Crippen LogP contribution in [0.5, 0.6) is 0 Å². The van der Waals surface area contributed by atoms with Gasteiger partial charge in [-0.1, -0.05) is 97.1 Å². The highest BCUT2D eigenvalue weighted by Crippen LogP contribution is 2.37. The molecule has 0 saturated carbocycles. The molecular formula is C48H41N7Si3. The molecular weight excluding hydrogens is 759 g/mol. The maximum Gasteiger partial charge on any atom is 0.298 e. The third-order valence-corrected chi connectivity index (χ3v) is 16.1. The molecule has 10 heteroatoms. The maximum absolute atomic E-state index is 5.59. The zero-order valence-electron chi connectivity index (χ0n) is 33.4. The predicted molar refractivity (Wildman–Crippen MR) is 244 cm³/mol. The van der Waals surface area contributed by atoms with Gasteiger partial charge in [-0.3, -0.25) is 27.9 Å². The van der Waals surface area contributed by atoms with Gasteiger partial charge in [0.05, 0.1) is 49.2 Å². The molecule has 0 N–H and O–H groups in total. The molecule has 0 unspecified atom stereocenters. The lowest BCUT2D eigenvalue weighted by Gasteiger charge is -2.26. The van der Waals surface area contributed by atoms with E-state index in [2.05, 4.69) is 184 Å². The minimum atomic E-state index is -2.44. The summed E-state index contributed by atoms with van der Waals surface area (Å²) < 4.78 is 32.7. The Kier molecular flexibility index (Phi) is 7.48. The van der Waals surface area contributed by atoms with E-state index >= 15 is 0 Å². The van der Waals surface area contributed by atoms with Gasteiger partial charge >= 0.3 is 0 Å². The molecule has 0 amide bonds. The van der Waals surface area contributed by atoms with Crippen molar-refractivity contribution in [3.8, 4) is 22.3 Å². The Labute approximate surface area is 339 Å². The SMILES string of the molecule is C[Si]1(C)N=c2cccc(N(c3ccc(-c4cccc5ccccc45)c4c3=N[Si](C)(C)N=4)c3ccc(-c4c5ccccc5cc5ccccc45)c4c3=N[Si](C)(C)N=4)c2=N1. The lowest BCUT2D eigenvalue weighted by Crippen LogP contribution is -2.38. The molecule has 0 spiro atoms. The summed E-state index contributed by atoms with van der Waals surface area (Å²) in [6.07, 6.45) is 0. The first-order valence-electron chi connectivity index (χ1n) is 20.0. The van der Waals surface area contributed by atoms with Crippen molar-refractivity contribution in [3.63, 3.8) is 0 Å². The van der Waals surface area contributed by atoms with Crippen LogP contribution in [0, 0.1) is 0 Å². The summed E-state index contributed by atoms with van der Waals surface area (Å²) in [5, 5.41) is 12.8. The van der Waals surface area contributed by atoms with Crippen LogP contribution in [0.4, 0.5) is 17.1 Å². The first-order chi connectivity index (χ1) is 27.9. The van der Waals surface area contributed by atoms with E-state index in [4.69, 9.17) is 27.9 Å². The van der Waals surface area contributed by atoms with Crippen LogP contribution < -0.4 is 37.0 Å². The van der Waals surface area contributed by atoms with Crippen molar-refractivity contribution in [2.24, 2.45) is 27.9 Å². The molecule has 8 aromatic carbocycles. The second kappa shape index (κ2) is 12.4. The summed E-state index contributed by atoms with van der Waals surface area (Å²) in [5.41, 5.74) is 7.44. The zero-order chi connectivity index (χ0) is 39.6. The summed E-state index contributed by atoms with van der Waals surface area (Å²) in [6.45, 7) is 13.3. The molecule has 0 fully saturated rings. The number of hydrogen-bond acceptors (Lipinski definition) is 7. The molecule has 3 aliphatic heterocycles. The number of anilines is 3. The Morgan fingerprint density at radius 1 is 0.345 bits per heavy atom. The Morgan fingerprint density at radius 2 is 0.810 bits per heavy atom. The number of rotatable bonds is 5. The van der Waals surface area contributed by atoms with Crippen molar-refractivity contribution >= 4 is 74.6 Å². The van der Waals surface area contributed by atoms with Gasteiger partial charge in [0.1, 0.15) is 0 Å². The van der Waals surface area contributed by atoms with Crippen molar-refractivity contribution in [1.82, 2.24) is 0 Å². The van der Waals surface area contributed by atoms with Gasteiger partial charge in [0, 0.05) is 11.1 Å². The van der Waals surface area contributed by atoms with E-state index in [-0.39, 0.29) is 0 Å². The van der Waals surface area contributed by atoms with E-state index < -0.39 is 25.2 Å². The molecule has 0 saturated heterocycles. The highest BCUT2D eigenvalue weighted by Gasteiger charge is 2.33. The molecule has 0 radical (unpaired) electrons. The van der Waals surface area contributed by atoms with Crippen molar-refractivity contribution < 1.29 is 0 Å². The van der Waals surface area contributed by atoms with Gasteiger partial charge in [-0.2, -0.15) is 0 Å². The highest BCUT2D eigenvalue weighted by atomic mass is 28.4. The molecule has 3 aliphatic rings. The van der Waals surface area contributed by atoms with Crippen LogP contribution in [-0.4, -0.2) is 25.2 Å². The Balaban J connectivity index is 1.24. The molecule has 0 bridgehead atoms. The monoisotopic (exact) mass is 799 g/mol. The van der Waals surface area contributed by atoms with Crippen LogP contribution in [0.1, 0.15) is 0 Å². The fraction of sp³-hybridized carbons (Fsp3) is 0.125. The van der Waals surface area contributed by atoms with Gasteiger partial charge in [0.15, 0.2) is 0 Å². The van der Waals surface area contributed by atoms with E-state index in [9.17, 15) is 0 Å². The summed E-state index contributed by atoms with van der Waals surface area (Å²) in [6, 6.07) is 50.2. The molecule has 0 aliphatic carbocycles. The maximum atomic E-state index is 5.59. The van der Waals surface area contributed by atoms with Crippen molar-refractivity contribution in [2.45, 2.75) is 39.3 Å². The molecule has 0 aromatic heterocycles. The van der Waals surface area contributed by atoms with Crippen LogP contribution in [0.2, 0.25) is 39.3 Å². The van der Waals surface area contributed by atoms with Crippen LogP contribution >= 0.6 is 0 Å². The van der Waals surface area contributed by atoms with Gasteiger partial charge < -0.3 is 4.90 Å². The summed E-state index contributed by atoms with van der Waals surface area (Å²) in [7, 11) is -7.07. The first-order valence-corrected chi connectivity index (χ1v) is 28.7. The van der Waals surface area contributed by atoms with Crippen LogP contribution in [0.15, 0.2) is 167 Å². The highest BCUT2D eigenvalue weighted by molar-refractivity contribution is 6.75. The number of hydrogen-bond donors (Lipinski definition) is 0. The number of nitrogens with zero attached hydrogens (tertiary/aromatic N) is 7. The predicted octanol–water partition coefficient (Wildman–Crippen LogP) is 8.81. The number of benzene rings is 8. The largest absolute Gasteiger partial charge is 0.304 e. The molecule has 11 rings (SSSR count). The minimum Gasteiger partial charge on any atom is -0.304 e. The van der Waals surface area contributed by atoms with E-state index in [0.29, 0.717) is 0 Å². The summed E-state index contributed by atoms with van der Waals surface area (Å²) in [5.74, 6) is 0. The summed E-state index contributed by atoms with van der Waals surface area (Å²) >= 11 is 0. The normalized spacial score (nSPS) is 16.3. The van der Waals surface area contributed by atoms with E-state index in [1.54, 1.807) is 0 Å². The van der Waals surface area contributed by atoms with Gasteiger partial charge in [0.2, 0.25) is 0 Å². The second-order valence-corrected chi connectivity index (χ2v) is 27.3. The Morgan fingerprint density at radius 3 is 1.47 bits per heavy atom. The fourth-order valence-electron chi connectivity index (χ4n) is 9.16. The second-order valence-electron chi connectivity index (χ2n) is 17.0. The third-order valence-electron chi connectivity index (χ3n) is 11.4. The molecule has 8 aromatic rings. The lowest BCUT2D eigenvalue weighted by atomic mass is 9.91. The number of fused-ring (bicyclic) bond motifs is 6. The van der Waals surface area contributed by atoms with Crippen LogP contribution in [-0.2, 0) is 0 Å².